The largest absolute Gasteiger partial charge is 0.497 e. The van der Waals surface area contributed by atoms with E-state index in [0.717, 1.165) is 10.5 Å². The van der Waals surface area contributed by atoms with Crippen LogP contribution in [0.25, 0.3) is 5.57 Å². The van der Waals surface area contributed by atoms with Crippen molar-refractivity contribution in [2.24, 2.45) is 0 Å². The van der Waals surface area contributed by atoms with Gasteiger partial charge in [-0.25, -0.2) is 0 Å². The summed E-state index contributed by atoms with van der Waals surface area (Å²) in [6, 6.07) is 13.9. The lowest BCUT2D eigenvalue weighted by atomic mass is 10.0. The van der Waals surface area contributed by atoms with Gasteiger partial charge in [-0.3, -0.25) is 29.6 Å². The molecule has 0 aliphatic carbocycles. The van der Waals surface area contributed by atoms with Crippen LogP contribution in [0, 0.1) is 10.1 Å². The minimum atomic E-state index is -0.542. The van der Waals surface area contributed by atoms with E-state index in [4.69, 9.17) is 9.47 Å². The number of nitrogens with zero attached hydrogens (tertiary/aromatic N) is 3. The Hall–Kier alpha value is -4.73. The van der Waals surface area contributed by atoms with Gasteiger partial charge in [-0.2, -0.15) is 0 Å². The molecule has 172 valence electrons. The number of benzene rings is 2. The average Bonchev–Trinajstić information content (AvgIpc) is 3.08. The summed E-state index contributed by atoms with van der Waals surface area (Å²) in [5, 5.41) is 14.1. The smallest absolute Gasteiger partial charge is 0.278 e. The molecule has 0 saturated carbocycles. The number of ether oxygens (including phenoxy) is 2. The van der Waals surface area contributed by atoms with Crippen molar-refractivity contribution < 1.29 is 24.0 Å². The molecule has 10 heteroatoms. The van der Waals surface area contributed by atoms with E-state index in [9.17, 15) is 19.7 Å². The van der Waals surface area contributed by atoms with Crippen molar-refractivity contribution in [1.82, 2.24) is 9.88 Å². The van der Waals surface area contributed by atoms with Gasteiger partial charge in [0.25, 0.3) is 17.5 Å². The second kappa shape index (κ2) is 9.41. The maximum atomic E-state index is 13.4. The molecule has 0 radical (unpaired) electrons. The van der Waals surface area contributed by atoms with Crippen LogP contribution in [0.3, 0.4) is 0 Å². The monoisotopic (exact) mass is 460 g/mol. The number of imide groups is 1. The zero-order chi connectivity index (χ0) is 24.2. The van der Waals surface area contributed by atoms with Crippen LogP contribution in [-0.4, -0.2) is 40.8 Å². The van der Waals surface area contributed by atoms with Gasteiger partial charge in [0.05, 0.1) is 36.9 Å². The Bertz CT molecular complexity index is 1290. The second-order valence-corrected chi connectivity index (χ2v) is 7.30. The van der Waals surface area contributed by atoms with Gasteiger partial charge in [-0.15, -0.1) is 0 Å². The van der Waals surface area contributed by atoms with E-state index in [1.807, 2.05) is 0 Å². The fourth-order valence-electron chi connectivity index (χ4n) is 3.57. The molecule has 1 aliphatic rings. The number of aromatic nitrogens is 1. The van der Waals surface area contributed by atoms with Crippen LogP contribution in [0.5, 0.6) is 11.5 Å². The number of pyridine rings is 1. The van der Waals surface area contributed by atoms with Crippen LogP contribution in [0.1, 0.15) is 11.1 Å². The van der Waals surface area contributed by atoms with Gasteiger partial charge in [0, 0.05) is 30.6 Å². The lowest BCUT2D eigenvalue weighted by Crippen LogP contribution is -2.32. The number of carbonyl (C=O) groups is 2. The van der Waals surface area contributed by atoms with E-state index in [2.05, 4.69) is 10.3 Å². The predicted molar refractivity (Wildman–Crippen MR) is 123 cm³/mol. The highest BCUT2D eigenvalue weighted by Crippen LogP contribution is 2.36. The van der Waals surface area contributed by atoms with E-state index in [1.54, 1.807) is 42.7 Å². The molecular weight excluding hydrogens is 440 g/mol. The van der Waals surface area contributed by atoms with E-state index in [-0.39, 0.29) is 23.5 Å². The molecule has 10 nitrogen and oxygen atoms in total. The first-order valence-corrected chi connectivity index (χ1v) is 10.2. The van der Waals surface area contributed by atoms with E-state index in [1.165, 1.54) is 38.5 Å². The van der Waals surface area contributed by atoms with Crippen molar-refractivity contribution in [1.29, 1.82) is 0 Å². The molecule has 0 unspecified atom stereocenters. The van der Waals surface area contributed by atoms with Crippen LogP contribution in [0.4, 0.5) is 11.4 Å². The molecule has 1 N–H and O–H groups in total. The number of nitro benzene ring substituents is 1. The second-order valence-electron chi connectivity index (χ2n) is 7.30. The average molecular weight is 460 g/mol. The molecule has 3 aromatic rings. The van der Waals surface area contributed by atoms with Gasteiger partial charge < -0.3 is 14.8 Å². The maximum Gasteiger partial charge on any atom is 0.278 e. The van der Waals surface area contributed by atoms with Gasteiger partial charge in [-0.1, -0.05) is 0 Å². The fourth-order valence-corrected chi connectivity index (χ4v) is 3.57. The Morgan fingerprint density at radius 1 is 0.971 bits per heavy atom. The van der Waals surface area contributed by atoms with Gasteiger partial charge in [0.15, 0.2) is 0 Å². The number of methoxy groups -OCH3 is 2. The molecule has 4 rings (SSSR count). The molecule has 0 fully saturated rings. The number of nitro groups is 1. The first-order chi connectivity index (χ1) is 16.4. The normalized spacial score (nSPS) is 13.3. The summed E-state index contributed by atoms with van der Waals surface area (Å²) >= 11 is 0. The minimum Gasteiger partial charge on any atom is -0.497 e. The van der Waals surface area contributed by atoms with Crippen molar-refractivity contribution in [3.8, 4) is 11.5 Å². The zero-order valence-corrected chi connectivity index (χ0v) is 18.3. The van der Waals surface area contributed by atoms with Crippen molar-refractivity contribution in [3.63, 3.8) is 0 Å². The lowest BCUT2D eigenvalue weighted by molar-refractivity contribution is -0.384. The summed E-state index contributed by atoms with van der Waals surface area (Å²) in [5.74, 6) is -0.115. The Morgan fingerprint density at radius 3 is 2.29 bits per heavy atom. The predicted octanol–water partition coefficient (Wildman–Crippen LogP) is 3.40. The molecule has 0 bridgehead atoms. The highest BCUT2D eigenvalue weighted by Gasteiger charge is 2.39. The van der Waals surface area contributed by atoms with Gasteiger partial charge in [-0.05, 0) is 47.5 Å². The summed E-state index contributed by atoms with van der Waals surface area (Å²) in [7, 11) is 2.99. The summed E-state index contributed by atoms with van der Waals surface area (Å²) in [5.41, 5.74) is 1.51. The quantitative estimate of drug-likeness (QED) is 0.308. The number of nitrogens with one attached hydrogen (secondary N) is 1. The van der Waals surface area contributed by atoms with Crippen molar-refractivity contribution >= 4 is 28.8 Å². The fraction of sp³-hybridized carbons (Fsp3) is 0.125. The van der Waals surface area contributed by atoms with Crippen molar-refractivity contribution in [2.45, 2.75) is 6.54 Å². The molecule has 2 aromatic carbocycles. The highest BCUT2D eigenvalue weighted by molar-refractivity contribution is 6.36. The van der Waals surface area contributed by atoms with Gasteiger partial charge in [0.2, 0.25) is 0 Å². The maximum absolute atomic E-state index is 13.4. The number of amides is 2. The van der Waals surface area contributed by atoms with Crippen molar-refractivity contribution in [3.05, 3.63) is 93.9 Å². The Labute approximate surface area is 194 Å². The van der Waals surface area contributed by atoms with Crippen LogP contribution in [0.2, 0.25) is 0 Å². The summed E-state index contributed by atoms with van der Waals surface area (Å²) in [4.78, 5) is 42.4. The van der Waals surface area contributed by atoms with Crippen molar-refractivity contribution in [2.75, 3.05) is 19.5 Å². The first-order valence-electron chi connectivity index (χ1n) is 10.2. The molecule has 2 amide bonds. The molecule has 2 heterocycles. The lowest BCUT2D eigenvalue weighted by Gasteiger charge is -2.16. The molecule has 1 aliphatic heterocycles. The van der Waals surface area contributed by atoms with E-state index >= 15 is 0 Å². The van der Waals surface area contributed by atoms with E-state index in [0.29, 0.717) is 22.7 Å². The van der Waals surface area contributed by atoms with Gasteiger partial charge in [0.1, 0.15) is 17.2 Å². The summed E-state index contributed by atoms with van der Waals surface area (Å²) < 4.78 is 10.7. The third-order valence-electron chi connectivity index (χ3n) is 5.29. The Morgan fingerprint density at radius 2 is 1.68 bits per heavy atom. The minimum absolute atomic E-state index is 0.0273. The molecule has 0 atom stereocenters. The van der Waals surface area contributed by atoms with E-state index < -0.39 is 16.7 Å². The number of carbonyl (C=O) groups excluding carboxylic acids is 2. The Balaban J connectivity index is 1.79. The Kier molecular flexibility index (Phi) is 6.22. The molecule has 1 aromatic heterocycles. The molecule has 34 heavy (non-hydrogen) atoms. The highest BCUT2D eigenvalue weighted by atomic mass is 16.6. The van der Waals surface area contributed by atoms with Gasteiger partial charge >= 0.3 is 0 Å². The summed E-state index contributed by atoms with van der Waals surface area (Å²) in [6.07, 6.45) is 3.15. The zero-order valence-electron chi connectivity index (χ0n) is 18.3. The van der Waals surface area contributed by atoms with Crippen LogP contribution in [-0.2, 0) is 16.1 Å². The number of anilines is 1. The summed E-state index contributed by atoms with van der Waals surface area (Å²) in [6.45, 7) is 0.0388. The molecular formula is C24H20N4O6. The third kappa shape index (κ3) is 4.29. The third-order valence-corrected chi connectivity index (χ3v) is 5.29. The number of non-ortho nitro benzene ring substituents is 1. The number of hydrogen-bond acceptors (Lipinski definition) is 8. The van der Waals surface area contributed by atoms with Crippen LogP contribution in [0.15, 0.2) is 72.7 Å². The standard InChI is InChI=1S/C24H20N4O6/c1-33-18-7-8-20(34-2)19(13-18)26-22-21(16-3-5-17(6-4-16)28(31)32)23(29)27(24(22)30)14-15-9-11-25-12-10-15/h3-13,26H,14H2,1-2H3. The molecule has 0 spiro atoms. The van der Waals surface area contributed by atoms with Crippen LogP contribution < -0.4 is 14.8 Å². The number of rotatable bonds is 8. The molecule has 0 saturated heterocycles. The SMILES string of the molecule is COc1ccc(OC)c(NC2=C(c3ccc([N+](=O)[O-])cc3)C(=O)N(Cc3ccncc3)C2=O)c1. The topological polar surface area (TPSA) is 124 Å². The first kappa shape index (κ1) is 22.5. The number of hydrogen-bond donors (Lipinski definition) is 1. The van der Waals surface area contributed by atoms with Crippen LogP contribution >= 0.6 is 0 Å².